The van der Waals surface area contributed by atoms with Gasteiger partial charge in [0.2, 0.25) is 11.8 Å². The van der Waals surface area contributed by atoms with Crippen LogP contribution >= 0.6 is 0 Å². The van der Waals surface area contributed by atoms with Gasteiger partial charge in [0.05, 0.1) is 19.0 Å². The monoisotopic (exact) mass is 326 g/mol. The number of nitrogens with one attached hydrogen (secondary N) is 1. The lowest BCUT2D eigenvalue weighted by atomic mass is 10.3. The first-order valence-corrected chi connectivity index (χ1v) is 7.59. The molecule has 2 aromatic rings. The first-order chi connectivity index (χ1) is 11.7. The minimum atomic E-state index is -0.259. The largest absolute Gasteiger partial charge is 0.481 e. The number of methoxy groups -OCH3 is 1. The Kier molecular flexibility index (Phi) is 4.60. The van der Waals surface area contributed by atoms with Gasteiger partial charge in [-0.1, -0.05) is 18.2 Å². The van der Waals surface area contributed by atoms with Crippen LogP contribution in [-0.4, -0.2) is 48.6 Å². The molecule has 0 unspecified atom stereocenters. The lowest BCUT2D eigenvalue weighted by molar-refractivity contribution is -0.116. The number of carbonyl (C=O) groups is 2. The van der Waals surface area contributed by atoms with E-state index in [4.69, 9.17) is 4.74 Å². The third-order valence-corrected chi connectivity index (χ3v) is 3.73. The third-order valence-electron chi connectivity index (χ3n) is 3.73. The highest BCUT2D eigenvalue weighted by Crippen LogP contribution is 2.19. The SMILES string of the molecule is COc1ccc(NC(=O)CN2CCN(c3ccccc3)C2=O)cn1. The maximum absolute atomic E-state index is 12.4. The molecule has 0 spiro atoms. The van der Waals surface area contributed by atoms with Crippen LogP contribution in [-0.2, 0) is 4.79 Å². The minimum Gasteiger partial charge on any atom is -0.481 e. The van der Waals surface area contributed by atoms with Crippen molar-refractivity contribution < 1.29 is 14.3 Å². The zero-order valence-corrected chi connectivity index (χ0v) is 13.3. The van der Waals surface area contributed by atoms with Crippen molar-refractivity contribution in [1.82, 2.24) is 9.88 Å². The van der Waals surface area contributed by atoms with Crippen LogP contribution in [0, 0.1) is 0 Å². The average molecular weight is 326 g/mol. The highest BCUT2D eigenvalue weighted by Gasteiger charge is 2.30. The normalized spacial score (nSPS) is 14.0. The number of hydrogen-bond donors (Lipinski definition) is 1. The van der Waals surface area contributed by atoms with E-state index in [0.29, 0.717) is 24.7 Å². The van der Waals surface area contributed by atoms with E-state index in [2.05, 4.69) is 10.3 Å². The van der Waals surface area contributed by atoms with Gasteiger partial charge in [-0.3, -0.25) is 9.69 Å². The third kappa shape index (κ3) is 3.45. The quantitative estimate of drug-likeness (QED) is 0.911. The molecule has 0 saturated carbocycles. The Morgan fingerprint density at radius 3 is 2.67 bits per heavy atom. The zero-order chi connectivity index (χ0) is 16.9. The van der Waals surface area contributed by atoms with Gasteiger partial charge < -0.3 is 15.0 Å². The fraction of sp³-hybridized carbons (Fsp3) is 0.235. The van der Waals surface area contributed by atoms with E-state index in [1.165, 1.54) is 18.2 Å². The predicted molar refractivity (Wildman–Crippen MR) is 90.2 cm³/mol. The number of aromatic nitrogens is 1. The summed E-state index contributed by atoms with van der Waals surface area (Å²) in [7, 11) is 1.53. The number of rotatable bonds is 5. The van der Waals surface area contributed by atoms with Gasteiger partial charge in [-0.25, -0.2) is 9.78 Å². The number of amides is 3. The molecular formula is C17H18N4O3. The number of urea groups is 1. The molecule has 1 aliphatic rings. The molecule has 24 heavy (non-hydrogen) atoms. The fourth-order valence-electron chi connectivity index (χ4n) is 2.53. The topological polar surface area (TPSA) is 74.8 Å². The van der Waals surface area contributed by atoms with E-state index in [0.717, 1.165) is 5.69 Å². The number of para-hydroxylation sites is 1. The second-order valence-electron chi connectivity index (χ2n) is 5.33. The lowest BCUT2D eigenvalue weighted by Gasteiger charge is -2.18. The van der Waals surface area contributed by atoms with Crippen molar-refractivity contribution in [2.24, 2.45) is 0 Å². The van der Waals surface area contributed by atoms with Crippen LogP contribution in [0.15, 0.2) is 48.7 Å². The predicted octanol–water partition coefficient (Wildman–Crippen LogP) is 1.97. The van der Waals surface area contributed by atoms with Gasteiger partial charge in [0.25, 0.3) is 0 Å². The summed E-state index contributed by atoms with van der Waals surface area (Å²) in [5.41, 5.74) is 1.40. The van der Waals surface area contributed by atoms with E-state index in [9.17, 15) is 9.59 Å². The summed E-state index contributed by atoms with van der Waals surface area (Å²) >= 11 is 0. The van der Waals surface area contributed by atoms with Crippen LogP contribution in [0.2, 0.25) is 0 Å². The van der Waals surface area contributed by atoms with Gasteiger partial charge in [-0.05, 0) is 18.2 Å². The first kappa shape index (κ1) is 15.8. The van der Waals surface area contributed by atoms with E-state index < -0.39 is 0 Å². The lowest BCUT2D eigenvalue weighted by Crippen LogP contribution is -2.37. The summed E-state index contributed by atoms with van der Waals surface area (Å²) in [5.74, 6) is 0.214. The van der Waals surface area contributed by atoms with Crippen LogP contribution in [0.4, 0.5) is 16.2 Å². The molecule has 1 saturated heterocycles. The molecule has 3 amide bonds. The van der Waals surface area contributed by atoms with Crippen molar-refractivity contribution in [3.8, 4) is 5.88 Å². The molecule has 0 atom stereocenters. The molecule has 2 heterocycles. The molecule has 1 N–H and O–H groups in total. The zero-order valence-electron chi connectivity index (χ0n) is 13.3. The van der Waals surface area contributed by atoms with Gasteiger partial charge in [0, 0.05) is 24.8 Å². The Morgan fingerprint density at radius 1 is 1.21 bits per heavy atom. The molecule has 7 nitrogen and oxygen atoms in total. The van der Waals surface area contributed by atoms with Gasteiger partial charge >= 0.3 is 6.03 Å². The van der Waals surface area contributed by atoms with Crippen molar-refractivity contribution >= 4 is 23.3 Å². The molecule has 0 radical (unpaired) electrons. The van der Waals surface area contributed by atoms with Crippen molar-refractivity contribution in [1.29, 1.82) is 0 Å². The highest BCUT2D eigenvalue weighted by atomic mass is 16.5. The Balaban J connectivity index is 1.58. The molecule has 1 aromatic heterocycles. The van der Waals surface area contributed by atoms with Crippen LogP contribution in [0.1, 0.15) is 0 Å². The second-order valence-corrected chi connectivity index (χ2v) is 5.33. The van der Waals surface area contributed by atoms with Gasteiger partial charge in [0.1, 0.15) is 6.54 Å². The number of ether oxygens (including phenoxy) is 1. The number of carbonyl (C=O) groups excluding carboxylic acids is 2. The van der Waals surface area contributed by atoms with Gasteiger partial charge in [-0.2, -0.15) is 0 Å². The van der Waals surface area contributed by atoms with Crippen molar-refractivity contribution in [3.63, 3.8) is 0 Å². The van der Waals surface area contributed by atoms with E-state index >= 15 is 0 Å². The summed E-state index contributed by atoms with van der Waals surface area (Å²) in [6.45, 7) is 1.09. The van der Waals surface area contributed by atoms with Crippen LogP contribution in [0.25, 0.3) is 0 Å². The van der Waals surface area contributed by atoms with Gasteiger partial charge in [-0.15, -0.1) is 0 Å². The minimum absolute atomic E-state index is 0.00813. The highest BCUT2D eigenvalue weighted by molar-refractivity contribution is 5.99. The Morgan fingerprint density at radius 2 is 2.00 bits per heavy atom. The number of hydrogen-bond acceptors (Lipinski definition) is 4. The molecule has 0 aliphatic carbocycles. The summed E-state index contributed by atoms with van der Waals surface area (Å²) in [5, 5.41) is 2.73. The van der Waals surface area contributed by atoms with Crippen molar-refractivity contribution in [3.05, 3.63) is 48.7 Å². The molecular weight excluding hydrogens is 308 g/mol. The number of pyridine rings is 1. The molecule has 3 rings (SSSR count). The summed E-state index contributed by atoms with van der Waals surface area (Å²) < 4.78 is 4.97. The fourth-order valence-corrected chi connectivity index (χ4v) is 2.53. The van der Waals surface area contributed by atoms with Crippen molar-refractivity contribution in [2.45, 2.75) is 0 Å². The number of benzene rings is 1. The van der Waals surface area contributed by atoms with E-state index in [-0.39, 0.29) is 18.5 Å². The maximum atomic E-state index is 12.4. The standard InChI is InChI=1S/C17H18N4O3/c1-24-16-8-7-13(11-18-16)19-15(22)12-20-9-10-21(17(20)23)14-5-3-2-4-6-14/h2-8,11H,9-10,12H2,1H3,(H,19,22). The van der Waals surface area contributed by atoms with Crippen LogP contribution < -0.4 is 15.0 Å². The second kappa shape index (κ2) is 6.99. The number of anilines is 2. The molecule has 0 bridgehead atoms. The molecule has 124 valence electrons. The molecule has 1 fully saturated rings. The van der Waals surface area contributed by atoms with Crippen molar-refractivity contribution in [2.75, 3.05) is 37.0 Å². The summed E-state index contributed by atoms with van der Waals surface area (Å²) in [6, 6.07) is 12.6. The van der Waals surface area contributed by atoms with Gasteiger partial charge in [0.15, 0.2) is 0 Å². The molecule has 7 heteroatoms. The maximum Gasteiger partial charge on any atom is 0.325 e. The Hall–Kier alpha value is -3.09. The van der Waals surface area contributed by atoms with E-state index in [1.807, 2.05) is 30.3 Å². The Labute approximate surface area is 139 Å². The number of nitrogens with zero attached hydrogens (tertiary/aromatic N) is 3. The molecule has 1 aliphatic heterocycles. The average Bonchev–Trinajstić information content (AvgIpc) is 2.97. The first-order valence-electron chi connectivity index (χ1n) is 7.59. The Bertz CT molecular complexity index is 718. The molecule has 1 aromatic carbocycles. The smallest absolute Gasteiger partial charge is 0.325 e. The van der Waals surface area contributed by atoms with Crippen LogP contribution in [0.3, 0.4) is 0 Å². The summed E-state index contributed by atoms with van der Waals surface area (Å²) in [4.78, 5) is 31.8. The van der Waals surface area contributed by atoms with E-state index in [1.54, 1.807) is 17.0 Å². The van der Waals surface area contributed by atoms with Crippen LogP contribution in [0.5, 0.6) is 5.88 Å². The summed E-state index contributed by atoms with van der Waals surface area (Å²) in [6.07, 6.45) is 1.51.